The van der Waals surface area contributed by atoms with Gasteiger partial charge in [0.2, 0.25) is 5.91 Å². The maximum Gasteiger partial charge on any atom is 0.260 e. The minimum Gasteiger partial charge on any atom is -0.483 e. The van der Waals surface area contributed by atoms with Crippen LogP contribution in [-0.4, -0.2) is 54.4 Å². The largest absolute Gasteiger partial charge is 0.483 e. The van der Waals surface area contributed by atoms with Gasteiger partial charge in [-0.3, -0.25) is 9.59 Å². The zero-order valence-electron chi connectivity index (χ0n) is 13.5. The van der Waals surface area contributed by atoms with Crippen molar-refractivity contribution in [2.75, 3.05) is 32.8 Å². The summed E-state index contributed by atoms with van der Waals surface area (Å²) in [4.78, 5) is 27.0. The minimum atomic E-state index is -0.0261. The smallest absolute Gasteiger partial charge is 0.260 e. The Balaban J connectivity index is 1.88. The molecule has 0 aliphatic carbocycles. The van der Waals surface area contributed by atoms with Gasteiger partial charge >= 0.3 is 0 Å². The first-order chi connectivity index (χ1) is 10.5. The zero-order chi connectivity index (χ0) is 16.1. The molecule has 2 amide bonds. The number of amides is 2. The van der Waals surface area contributed by atoms with E-state index in [9.17, 15) is 9.59 Å². The first-order valence-electron chi connectivity index (χ1n) is 7.74. The maximum atomic E-state index is 12.2. The van der Waals surface area contributed by atoms with Gasteiger partial charge in [0.05, 0.1) is 0 Å². The number of hydrogen-bond acceptors (Lipinski definition) is 3. The third-order valence-electron chi connectivity index (χ3n) is 3.97. The van der Waals surface area contributed by atoms with Crippen LogP contribution in [0.1, 0.15) is 32.3 Å². The second-order valence-corrected chi connectivity index (χ2v) is 5.87. The quantitative estimate of drug-likeness (QED) is 0.853. The fourth-order valence-electron chi connectivity index (χ4n) is 2.59. The molecule has 22 heavy (non-hydrogen) atoms. The summed E-state index contributed by atoms with van der Waals surface area (Å²) >= 11 is 0. The van der Waals surface area contributed by atoms with E-state index in [2.05, 4.69) is 13.8 Å². The molecule has 1 aliphatic rings. The van der Waals surface area contributed by atoms with Gasteiger partial charge in [-0.15, -0.1) is 0 Å². The van der Waals surface area contributed by atoms with Crippen LogP contribution in [-0.2, 0) is 9.59 Å². The summed E-state index contributed by atoms with van der Waals surface area (Å²) in [7, 11) is 0. The van der Waals surface area contributed by atoms with Gasteiger partial charge in [0, 0.05) is 33.1 Å². The highest BCUT2D eigenvalue weighted by Crippen LogP contribution is 2.25. The summed E-state index contributed by atoms with van der Waals surface area (Å²) in [6, 6.07) is 7.81. The molecule has 5 heteroatoms. The van der Waals surface area contributed by atoms with E-state index in [1.165, 1.54) is 0 Å². The number of para-hydroxylation sites is 1. The van der Waals surface area contributed by atoms with E-state index in [-0.39, 0.29) is 18.4 Å². The van der Waals surface area contributed by atoms with Gasteiger partial charge in [-0.1, -0.05) is 32.0 Å². The van der Waals surface area contributed by atoms with Crippen LogP contribution < -0.4 is 4.74 Å². The standard InChI is InChI=1S/C17H24N2O3/c1-13(2)15-6-4-5-7-16(15)22-12-17(21)19-10-8-18(9-11-19)14(3)20/h4-7,13H,8-12H2,1-3H3. The molecule has 0 bridgehead atoms. The normalized spacial score (nSPS) is 15.1. The van der Waals surface area contributed by atoms with Crippen molar-refractivity contribution in [1.29, 1.82) is 0 Å². The van der Waals surface area contributed by atoms with Crippen LogP contribution in [0.4, 0.5) is 0 Å². The molecule has 0 N–H and O–H groups in total. The molecule has 2 rings (SSSR count). The van der Waals surface area contributed by atoms with Crippen molar-refractivity contribution in [3.05, 3.63) is 29.8 Å². The second kappa shape index (κ2) is 7.29. The lowest BCUT2D eigenvalue weighted by Gasteiger charge is -2.34. The molecule has 1 aromatic rings. The molecule has 1 saturated heterocycles. The third kappa shape index (κ3) is 4.00. The molecule has 1 aromatic carbocycles. The van der Waals surface area contributed by atoms with Crippen molar-refractivity contribution in [2.45, 2.75) is 26.7 Å². The molecule has 1 fully saturated rings. The van der Waals surface area contributed by atoms with Gasteiger partial charge in [-0.05, 0) is 17.5 Å². The molecule has 1 heterocycles. The second-order valence-electron chi connectivity index (χ2n) is 5.87. The van der Waals surface area contributed by atoms with Gasteiger partial charge in [-0.2, -0.15) is 0 Å². The number of ether oxygens (including phenoxy) is 1. The molecule has 0 radical (unpaired) electrons. The molecular weight excluding hydrogens is 280 g/mol. The molecule has 0 saturated carbocycles. The monoisotopic (exact) mass is 304 g/mol. The predicted molar refractivity (Wildman–Crippen MR) is 84.9 cm³/mol. The number of piperazine rings is 1. The highest BCUT2D eigenvalue weighted by Gasteiger charge is 2.22. The Hall–Kier alpha value is -2.04. The molecule has 120 valence electrons. The molecule has 1 aliphatic heterocycles. The van der Waals surface area contributed by atoms with Crippen molar-refractivity contribution in [3.63, 3.8) is 0 Å². The zero-order valence-corrected chi connectivity index (χ0v) is 13.5. The summed E-state index contributed by atoms with van der Waals surface area (Å²) in [5.74, 6) is 1.16. The number of hydrogen-bond donors (Lipinski definition) is 0. The van der Waals surface area contributed by atoms with Gasteiger partial charge < -0.3 is 14.5 Å². The highest BCUT2D eigenvalue weighted by molar-refractivity contribution is 5.78. The molecule has 0 unspecified atom stereocenters. The van der Waals surface area contributed by atoms with Crippen molar-refractivity contribution >= 4 is 11.8 Å². The van der Waals surface area contributed by atoms with Crippen LogP contribution in [0, 0.1) is 0 Å². The van der Waals surface area contributed by atoms with Crippen molar-refractivity contribution < 1.29 is 14.3 Å². The average molecular weight is 304 g/mol. The van der Waals surface area contributed by atoms with Crippen LogP contribution in [0.25, 0.3) is 0 Å². The molecular formula is C17H24N2O3. The van der Waals surface area contributed by atoms with E-state index >= 15 is 0 Å². The Kier molecular flexibility index (Phi) is 5.41. The van der Waals surface area contributed by atoms with Gasteiger partial charge in [-0.25, -0.2) is 0 Å². The van der Waals surface area contributed by atoms with E-state index in [4.69, 9.17) is 4.74 Å². The highest BCUT2D eigenvalue weighted by atomic mass is 16.5. The molecule has 0 aromatic heterocycles. The Morgan fingerprint density at radius 2 is 1.68 bits per heavy atom. The summed E-state index contributed by atoms with van der Waals surface area (Å²) in [6.45, 7) is 8.16. The van der Waals surface area contributed by atoms with E-state index in [1.54, 1.807) is 16.7 Å². The van der Waals surface area contributed by atoms with Crippen LogP contribution >= 0.6 is 0 Å². The maximum absolute atomic E-state index is 12.2. The Morgan fingerprint density at radius 1 is 1.09 bits per heavy atom. The first kappa shape index (κ1) is 16.3. The summed E-state index contributed by atoms with van der Waals surface area (Å²) in [5.41, 5.74) is 1.11. The number of carbonyl (C=O) groups excluding carboxylic acids is 2. The average Bonchev–Trinajstić information content (AvgIpc) is 2.52. The van der Waals surface area contributed by atoms with E-state index in [0.29, 0.717) is 32.1 Å². The first-order valence-corrected chi connectivity index (χ1v) is 7.74. The molecule has 5 nitrogen and oxygen atoms in total. The molecule has 0 spiro atoms. The van der Waals surface area contributed by atoms with Gasteiger partial charge in [0.25, 0.3) is 5.91 Å². The van der Waals surface area contributed by atoms with E-state index < -0.39 is 0 Å². The molecule has 0 atom stereocenters. The number of carbonyl (C=O) groups is 2. The van der Waals surface area contributed by atoms with E-state index in [0.717, 1.165) is 11.3 Å². The lowest BCUT2D eigenvalue weighted by atomic mass is 10.0. The fraction of sp³-hybridized carbons (Fsp3) is 0.529. The third-order valence-corrected chi connectivity index (χ3v) is 3.97. The summed E-state index contributed by atoms with van der Waals surface area (Å²) in [6.07, 6.45) is 0. The minimum absolute atomic E-state index is 0.0261. The van der Waals surface area contributed by atoms with Crippen LogP contribution in [0.2, 0.25) is 0 Å². The number of rotatable bonds is 4. The van der Waals surface area contributed by atoms with Gasteiger partial charge in [0.15, 0.2) is 6.61 Å². The SMILES string of the molecule is CC(=O)N1CCN(C(=O)COc2ccccc2C(C)C)CC1. The number of benzene rings is 1. The predicted octanol–water partition coefficient (Wildman–Crippen LogP) is 1.88. The lowest BCUT2D eigenvalue weighted by molar-refractivity contribution is -0.139. The fourth-order valence-corrected chi connectivity index (χ4v) is 2.59. The van der Waals surface area contributed by atoms with Crippen molar-refractivity contribution in [3.8, 4) is 5.75 Å². The topological polar surface area (TPSA) is 49.9 Å². The van der Waals surface area contributed by atoms with Crippen LogP contribution in [0.15, 0.2) is 24.3 Å². The van der Waals surface area contributed by atoms with E-state index in [1.807, 2.05) is 24.3 Å². The Bertz CT molecular complexity index is 534. The van der Waals surface area contributed by atoms with Crippen molar-refractivity contribution in [1.82, 2.24) is 9.80 Å². The van der Waals surface area contributed by atoms with Crippen molar-refractivity contribution in [2.24, 2.45) is 0 Å². The summed E-state index contributed by atoms with van der Waals surface area (Å²) < 4.78 is 5.72. The number of nitrogens with zero attached hydrogens (tertiary/aromatic N) is 2. The Morgan fingerprint density at radius 3 is 2.27 bits per heavy atom. The Labute approximate surface area is 131 Å². The van der Waals surface area contributed by atoms with Crippen LogP contribution in [0.3, 0.4) is 0 Å². The van der Waals surface area contributed by atoms with Gasteiger partial charge in [0.1, 0.15) is 5.75 Å². The lowest BCUT2D eigenvalue weighted by Crippen LogP contribution is -2.51. The summed E-state index contributed by atoms with van der Waals surface area (Å²) in [5, 5.41) is 0. The van der Waals surface area contributed by atoms with Crippen LogP contribution in [0.5, 0.6) is 5.75 Å².